The third-order valence-electron chi connectivity index (χ3n) is 2.67. The van der Waals surface area contributed by atoms with E-state index in [0.717, 1.165) is 17.7 Å². The number of ether oxygens (including phenoxy) is 1. The van der Waals surface area contributed by atoms with Crippen LogP contribution >= 0.6 is 0 Å². The Kier molecular flexibility index (Phi) is 5.65. The van der Waals surface area contributed by atoms with Gasteiger partial charge in [0, 0.05) is 5.97 Å². The monoisotopic (exact) mass is 251 g/mol. The van der Waals surface area contributed by atoms with E-state index < -0.39 is 12.1 Å². The lowest BCUT2D eigenvalue weighted by Crippen LogP contribution is -2.22. The fraction of sp³-hybridized carbons (Fsp3) is 0.500. The maximum Gasteiger partial charge on any atom is 0.122 e. The second kappa shape index (κ2) is 7.01. The Hall–Kier alpha value is -1.55. The van der Waals surface area contributed by atoms with Crippen LogP contribution in [-0.4, -0.2) is 17.7 Å². The second-order valence-corrected chi connectivity index (χ2v) is 4.30. The van der Waals surface area contributed by atoms with Crippen LogP contribution in [0.5, 0.6) is 5.75 Å². The molecule has 4 nitrogen and oxygen atoms in total. The zero-order valence-electron chi connectivity index (χ0n) is 10.8. The van der Waals surface area contributed by atoms with Gasteiger partial charge in [-0.05, 0) is 49.4 Å². The Labute approximate surface area is 107 Å². The minimum atomic E-state index is -1.14. The number of benzene rings is 1. The van der Waals surface area contributed by atoms with Gasteiger partial charge in [0.2, 0.25) is 0 Å². The van der Waals surface area contributed by atoms with E-state index in [4.69, 9.17) is 4.74 Å². The summed E-state index contributed by atoms with van der Waals surface area (Å²) in [6.07, 6.45) is 0.183. The van der Waals surface area contributed by atoms with Gasteiger partial charge in [-0.2, -0.15) is 0 Å². The molecule has 18 heavy (non-hydrogen) atoms. The first-order valence-electron chi connectivity index (χ1n) is 6.15. The summed E-state index contributed by atoms with van der Waals surface area (Å²) >= 11 is 0. The summed E-state index contributed by atoms with van der Waals surface area (Å²) in [4.78, 5) is 10.3. The summed E-state index contributed by atoms with van der Waals surface area (Å²) in [5.74, 6) is -0.346. The van der Waals surface area contributed by atoms with Crippen LogP contribution in [0.2, 0.25) is 0 Å². The molecule has 1 aromatic rings. The van der Waals surface area contributed by atoms with Crippen molar-refractivity contribution in [3.63, 3.8) is 0 Å². The SMILES string of the molecule is CCCOc1ccc([C@H](O)CCC(=O)[O-])cc1C. The maximum absolute atomic E-state index is 10.3. The molecule has 1 aromatic carbocycles. The van der Waals surface area contributed by atoms with Crippen molar-refractivity contribution in [2.75, 3.05) is 6.61 Å². The fourth-order valence-corrected chi connectivity index (χ4v) is 1.68. The molecule has 4 heteroatoms. The van der Waals surface area contributed by atoms with Crippen LogP contribution < -0.4 is 9.84 Å². The summed E-state index contributed by atoms with van der Waals surface area (Å²) in [6, 6.07) is 5.39. The Balaban J connectivity index is 2.67. The lowest BCUT2D eigenvalue weighted by atomic mass is 10.0. The summed E-state index contributed by atoms with van der Waals surface area (Å²) in [7, 11) is 0. The van der Waals surface area contributed by atoms with E-state index >= 15 is 0 Å². The minimum absolute atomic E-state index is 0.145. The third-order valence-corrected chi connectivity index (χ3v) is 2.67. The van der Waals surface area contributed by atoms with Crippen LogP contribution in [0, 0.1) is 6.92 Å². The van der Waals surface area contributed by atoms with E-state index in [9.17, 15) is 15.0 Å². The van der Waals surface area contributed by atoms with Gasteiger partial charge in [0.25, 0.3) is 0 Å². The van der Waals surface area contributed by atoms with Crippen LogP contribution in [0.3, 0.4) is 0 Å². The Morgan fingerprint density at radius 3 is 2.78 bits per heavy atom. The van der Waals surface area contributed by atoms with Crippen molar-refractivity contribution in [1.29, 1.82) is 0 Å². The van der Waals surface area contributed by atoms with Crippen molar-refractivity contribution in [3.8, 4) is 5.75 Å². The fourth-order valence-electron chi connectivity index (χ4n) is 1.68. The molecule has 0 aliphatic heterocycles. The first-order valence-corrected chi connectivity index (χ1v) is 6.15. The molecule has 0 aliphatic rings. The predicted octanol–water partition coefficient (Wildman–Crippen LogP) is 1.35. The molecule has 0 aromatic heterocycles. The van der Waals surface area contributed by atoms with Crippen molar-refractivity contribution >= 4 is 5.97 Å². The van der Waals surface area contributed by atoms with Gasteiger partial charge in [-0.25, -0.2) is 0 Å². The van der Waals surface area contributed by atoms with Gasteiger partial charge in [-0.15, -0.1) is 0 Å². The molecule has 0 radical (unpaired) electrons. The van der Waals surface area contributed by atoms with E-state index in [1.54, 1.807) is 6.07 Å². The summed E-state index contributed by atoms with van der Waals surface area (Å²) in [5, 5.41) is 20.2. The number of aliphatic carboxylic acids is 1. The molecule has 100 valence electrons. The Bertz CT molecular complexity index is 401. The molecule has 1 N–H and O–H groups in total. The molecular weight excluding hydrogens is 232 g/mol. The highest BCUT2D eigenvalue weighted by molar-refractivity contribution is 5.64. The number of carboxylic acid groups (broad SMARTS) is 1. The molecule has 0 saturated heterocycles. The summed E-state index contributed by atoms with van der Waals surface area (Å²) in [6.45, 7) is 4.60. The van der Waals surface area contributed by atoms with Gasteiger partial charge in [0.05, 0.1) is 12.7 Å². The van der Waals surface area contributed by atoms with E-state index in [2.05, 4.69) is 0 Å². The number of carbonyl (C=O) groups excluding carboxylic acids is 1. The molecule has 0 fully saturated rings. The normalized spacial score (nSPS) is 12.2. The lowest BCUT2D eigenvalue weighted by molar-refractivity contribution is -0.306. The molecule has 0 saturated carbocycles. The average Bonchev–Trinajstić information content (AvgIpc) is 2.34. The van der Waals surface area contributed by atoms with E-state index in [1.165, 1.54) is 0 Å². The maximum atomic E-state index is 10.3. The number of aryl methyl sites for hydroxylation is 1. The zero-order valence-corrected chi connectivity index (χ0v) is 10.8. The van der Waals surface area contributed by atoms with Gasteiger partial charge in [-0.1, -0.05) is 13.0 Å². The Morgan fingerprint density at radius 2 is 2.22 bits per heavy atom. The number of aliphatic hydroxyl groups excluding tert-OH is 1. The molecule has 1 atom stereocenters. The zero-order chi connectivity index (χ0) is 13.5. The van der Waals surface area contributed by atoms with E-state index in [-0.39, 0.29) is 12.8 Å². The molecule has 0 aliphatic carbocycles. The quantitative estimate of drug-likeness (QED) is 0.794. The number of carbonyl (C=O) groups is 1. The molecule has 1 rings (SSSR count). The number of hydrogen-bond donors (Lipinski definition) is 1. The van der Waals surface area contributed by atoms with Gasteiger partial charge in [-0.3, -0.25) is 0 Å². The topological polar surface area (TPSA) is 69.6 Å². The smallest absolute Gasteiger partial charge is 0.122 e. The molecule has 0 spiro atoms. The van der Waals surface area contributed by atoms with Crippen molar-refractivity contribution in [2.24, 2.45) is 0 Å². The van der Waals surface area contributed by atoms with Crippen molar-refractivity contribution in [1.82, 2.24) is 0 Å². The predicted molar refractivity (Wildman–Crippen MR) is 66.2 cm³/mol. The van der Waals surface area contributed by atoms with Gasteiger partial charge >= 0.3 is 0 Å². The highest BCUT2D eigenvalue weighted by atomic mass is 16.5. The number of hydrogen-bond acceptors (Lipinski definition) is 4. The van der Waals surface area contributed by atoms with E-state index in [0.29, 0.717) is 12.2 Å². The molecule has 0 heterocycles. The molecular formula is C14H19O4-. The van der Waals surface area contributed by atoms with Crippen LogP contribution in [0.25, 0.3) is 0 Å². The summed E-state index contributed by atoms with van der Waals surface area (Å²) in [5.41, 5.74) is 1.64. The van der Waals surface area contributed by atoms with Gasteiger partial charge < -0.3 is 19.7 Å². The van der Waals surface area contributed by atoms with Crippen LogP contribution in [-0.2, 0) is 4.79 Å². The van der Waals surface area contributed by atoms with Crippen LogP contribution in [0.15, 0.2) is 18.2 Å². The third kappa shape index (κ3) is 4.37. The van der Waals surface area contributed by atoms with Crippen molar-refractivity contribution < 1.29 is 19.7 Å². The summed E-state index contributed by atoms with van der Waals surface area (Å²) < 4.78 is 5.53. The molecule has 0 bridgehead atoms. The first-order chi connectivity index (χ1) is 8.54. The van der Waals surface area contributed by atoms with Crippen molar-refractivity contribution in [3.05, 3.63) is 29.3 Å². The highest BCUT2D eigenvalue weighted by Gasteiger charge is 2.09. The van der Waals surface area contributed by atoms with Crippen LogP contribution in [0.1, 0.15) is 43.4 Å². The minimum Gasteiger partial charge on any atom is -0.550 e. The van der Waals surface area contributed by atoms with Crippen LogP contribution in [0.4, 0.5) is 0 Å². The average molecular weight is 251 g/mol. The Morgan fingerprint density at radius 1 is 1.50 bits per heavy atom. The number of carboxylic acids is 1. The van der Waals surface area contributed by atoms with Crippen molar-refractivity contribution in [2.45, 2.75) is 39.2 Å². The molecule has 0 amide bonds. The van der Waals surface area contributed by atoms with Gasteiger partial charge in [0.15, 0.2) is 0 Å². The first kappa shape index (κ1) is 14.5. The largest absolute Gasteiger partial charge is 0.550 e. The van der Waals surface area contributed by atoms with Gasteiger partial charge in [0.1, 0.15) is 5.75 Å². The highest BCUT2D eigenvalue weighted by Crippen LogP contribution is 2.25. The van der Waals surface area contributed by atoms with E-state index in [1.807, 2.05) is 26.0 Å². The lowest BCUT2D eigenvalue weighted by Gasteiger charge is -2.14. The standard InChI is InChI=1S/C14H20O4/c1-3-8-18-13-6-4-11(9-10(13)2)12(15)5-7-14(16)17/h4,6,9,12,15H,3,5,7-8H2,1-2H3,(H,16,17)/p-1/t12-/m1/s1. The number of aliphatic hydroxyl groups is 1. The molecule has 0 unspecified atom stereocenters. The second-order valence-electron chi connectivity index (χ2n) is 4.30. The number of rotatable bonds is 7.